The summed E-state index contributed by atoms with van der Waals surface area (Å²) in [6.07, 6.45) is 14.8. The maximum atomic E-state index is 12.9. The Morgan fingerprint density at radius 2 is 1.79 bits per heavy atom. The van der Waals surface area contributed by atoms with E-state index in [1.165, 1.54) is 30.1 Å². The lowest BCUT2D eigenvalue weighted by Crippen LogP contribution is -2.55. The molecule has 2 amide bonds. The second kappa shape index (κ2) is 11.2. The van der Waals surface area contributed by atoms with Crippen LogP contribution < -0.4 is 10.6 Å². The van der Waals surface area contributed by atoms with Crippen LogP contribution >= 0.6 is 0 Å². The molecule has 0 spiro atoms. The van der Waals surface area contributed by atoms with Gasteiger partial charge in [0, 0.05) is 12.4 Å². The highest BCUT2D eigenvalue weighted by molar-refractivity contribution is 5.89. The van der Waals surface area contributed by atoms with Crippen molar-refractivity contribution in [3.8, 4) is 0 Å². The molecule has 1 heterocycles. The molecule has 2 fully saturated rings. The quantitative estimate of drug-likeness (QED) is 0.350. The molecule has 2 unspecified atom stereocenters. The number of amides is 2. The number of carbonyl (C=O) groups is 3. The van der Waals surface area contributed by atoms with Crippen molar-refractivity contribution in [2.24, 2.45) is 34.5 Å². The Morgan fingerprint density at radius 1 is 1.05 bits per heavy atom. The summed E-state index contributed by atoms with van der Waals surface area (Å²) in [5, 5.41) is 15.4. The molecule has 3 N–H and O–H groups in total. The molecular weight excluding hydrogens is 530 g/mol. The Labute approximate surface area is 249 Å². The Balaban J connectivity index is 1.27. The highest BCUT2D eigenvalue weighted by Crippen LogP contribution is 2.66. The van der Waals surface area contributed by atoms with Gasteiger partial charge in [-0.2, -0.15) is 0 Å². The topological polar surface area (TPSA) is 118 Å². The van der Waals surface area contributed by atoms with E-state index in [4.69, 9.17) is 4.74 Å². The predicted molar refractivity (Wildman–Crippen MR) is 161 cm³/mol. The van der Waals surface area contributed by atoms with Gasteiger partial charge in [0.15, 0.2) is 0 Å². The van der Waals surface area contributed by atoms with Crippen molar-refractivity contribution < 1.29 is 24.2 Å². The Hall–Kier alpha value is -3.16. The van der Waals surface area contributed by atoms with Gasteiger partial charge in [-0.15, -0.1) is 0 Å². The maximum Gasteiger partial charge on any atom is 0.408 e. The van der Waals surface area contributed by atoms with Crippen molar-refractivity contribution >= 4 is 23.5 Å². The molecule has 0 aromatic carbocycles. The van der Waals surface area contributed by atoms with E-state index in [1.54, 1.807) is 20.8 Å². The van der Waals surface area contributed by atoms with Crippen LogP contribution in [0.1, 0.15) is 92.1 Å². The Bertz CT molecular complexity index is 1280. The van der Waals surface area contributed by atoms with E-state index >= 15 is 0 Å². The van der Waals surface area contributed by atoms with Gasteiger partial charge in [-0.1, -0.05) is 37.6 Å². The number of carboxylic acids is 1. The molecule has 8 heteroatoms. The number of rotatable bonds is 6. The van der Waals surface area contributed by atoms with Crippen LogP contribution in [0.4, 0.5) is 4.79 Å². The van der Waals surface area contributed by atoms with Gasteiger partial charge in [0.25, 0.3) is 0 Å². The molecule has 8 nitrogen and oxygen atoms in total. The summed E-state index contributed by atoms with van der Waals surface area (Å²) in [6, 6.07) is 2.28. The molecule has 0 saturated heterocycles. The van der Waals surface area contributed by atoms with Crippen LogP contribution in [0, 0.1) is 34.5 Å². The second-order valence-corrected chi connectivity index (χ2v) is 14.5. The van der Waals surface area contributed by atoms with Gasteiger partial charge in [-0.25, -0.2) is 9.59 Å². The highest BCUT2D eigenvalue weighted by Gasteiger charge is 2.57. The first-order chi connectivity index (χ1) is 19.7. The molecule has 228 valence electrons. The van der Waals surface area contributed by atoms with Crippen molar-refractivity contribution in [3.05, 3.63) is 47.8 Å². The third kappa shape index (κ3) is 5.61. The van der Waals surface area contributed by atoms with Gasteiger partial charge in [-0.3, -0.25) is 9.78 Å². The average molecular weight is 578 g/mol. The number of nitrogens with zero attached hydrogens (tertiary/aromatic N) is 1. The van der Waals surface area contributed by atoms with Crippen molar-refractivity contribution in [2.45, 2.75) is 104 Å². The van der Waals surface area contributed by atoms with E-state index in [1.807, 2.05) is 18.5 Å². The van der Waals surface area contributed by atoms with Crippen LogP contribution in [0.2, 0.25) is 0 Å². The minimum Gasteiger partial charge on any atom is -0.480 e. The van der Waals surface area contributed by atoms with Crippen LogP contribution in [0.5, 0.6) is 0 Å². The number of hydrogen-bond acceptors (Lipinski definition) is 5. The van der Waals surface area contributed by atoms with E-state index in [-0.39, 0.29) is 16.7 Å². The van der Waals surface area contributed by atoms with E-state index in [9.17, 15) is 19.5 Å². The predicted octanol–water partition coefficient (Wildman–Crippen LogP) is 6.14. The summed E-state index contributed by atoms with van der Waals surface area (Å²) >= 11 is 0. The number of carboxylic acid groups (broad SMARTS) is 1. The number of ether oxygens (including phenoxy) is 1. The van der Waals surface area contributed by atoms with Gasteiger partial charge in [0.2, 0.25) is 5.91 Å². The molecule has 4 aliphatic carbocycles. The maximum absolute atomic E-state index is 12.9. The van der Waals surface area contributed by atoms with E-state index in [0.717, 1.165) is 32.1 Å². The highest BCUT2D eigenvalue weighted by atomic mass is 16.6. The Morgan fingerprint density at radius 3 is 2.45 bits per heavy atom. The van der Waals surface area contributed by atoms with Gasteiger partial charge < -0.3 is 20.5 Å². The van der Waals surface area contributed by atoms with Crippen LogP contribution in [0.25, 0.3) is 5.57 Å². The summed E-state index contributed by atoms with van der Waals surface area (Å²) in [7, 11) is 0. The molecular formula is C34H47N3O5. The third-order valence-electron chi connectivity index (χ3n) is 10.9. The number of carbonyl (C=O) groups excluding carboxylic acids is 2. The first-order valence-corrected chi connectivity index (χ1v) is 15.6. The summed E-state index contributed by atoms with van der Waals surface area (Å²) in [5.74, 6) is 0.0236. The molecule has 5 rings (SSSR count). The third-order valence-corrected chi connectivity index (χ3v) is 10.9. The summed E-state index contributed by atoms with van der Waals surface area (Å²) in [6.45, 7) is 11.6. The number of nitrogens with one attached hydrogen (secondary N) is 2. The Kier molecular flexibility index (Phi) is 8.05. The van der Waals surface area contributed by atoms with Crippen molar-refractivity contribution in [1.82, 2.24) is 15.6 Å². The lowest BCUT2D eigenvalue weighted by Gasteiger charge is -2.58. The molecule has 2 saturated carbocycles. The lowest BCUT2D eigenvalue weighted by molar-refractivity contribution is -0.144. The normalized spacial score (nSPS) is 33.5. The molecule has 0 radical (unpaired) electrons. The minimum absolute atomic E-state index is 0.0520. The molecule has 8 atom stereocenters. The number of aromatic nitrogens is 1. The number of aliphatic carboxylic acids is 1. The largest absolute Gasteiger partial charge is 0.480 e. The fourth-order valence-electron chi connectivity index (χ4n) is 8.72. The van der Waals surface area contributed by atoms with Crippen molar-refractivity contribution in [1.29, 1.82) is 0 Å². The van der Waals surface area contributed by atoms with E-state index < -0.39 is 35.7 Å². The molecule has 1 aromatic rings. The summed E-state index contributed by atoms with van der Waals surface area (Å²) in [5.41, 5.74) is 3.58. The number of hydrogen-bond donors (Lipinski definition) is 3. The standard InChI is InChI=1S/C34H47N3O5/c1-20(36-31(41)42-32(2,3)4)29(38)37-28(30(39)40)21-13-15-33(5)23(18-21)9-10-24-26-12-11-25(22-8-7-17-35-19-22)34(26,6)16-14-27(24)33/h7-9,11,17,19-21,24,26-28H,10,12-16,18H2,1-6H3,(H,36,41)(H,37,38)(H,39,40)/t20?,21-,24-,26-,27-,28?,33-,34+/m0/s1. The number of fused-ring (bicyclic) bond motifs is 5. The number of pyridine rings is 1. The SMILES string of the molecule is CC(NC(=O)OC(C)(C)C)C(=O)NC(C(=O)O)[C@H]1CC[C@@]2(C)C(=CC[C@@H]3[C@@H]2CC[C@]2(C)C(c4cccnc4)=CC[C@@H]32)C1. The van der Waals surface area contributed by atoms with E-state index in [0.29, 0.717) is 24.2 Å². The van der Waals surface area contributed by atoms with Gasteiger partial charge in [-0.05, 0) is 124 Å². The number of alkyl carbamates (subject to hydrolysis) is 1. The average Bonchev–Trinajstić information content (AvgIpc) is 3.27. The first-order valence-electron chi connectivity index (χ1n) is 15.6. The van der Waals surface area contributed by atoms with Crippen LogP contribution in [0.15, 0.2) is 42.3 Å². The molecule has 0 bridgehead atoms. The van der Waals surface area contributed by atoms with Crippen molar-refractivity contribution in [3.63, 3.8) is 0 Å². The second-order valence-electron chi connectivity index (χ2n) is 14.5. The zero-order valence-electron chi connectivity index (χ0n) is 25.9. The fraction of sp³-hybridized carbons (Fsp3) is 0.647. The lowest BCUT2D eigenvalue weighted by atomic mass is 9.46. The van der Waals surface area contributed by atoms with Crippen LogP contribution in [0.3, 0.4) is 0 Å². The van der Waals surface area contributed by atoms with Crippen molar-refractivity contribution in [2.75, 3.05) is 0 Å². The van der Waals surface area contributed by atoms with Crippen LogP contribution in [-0.2, 0) is 14.3 Å². The number of allylic oxidation sites excluding steroid dienone is 4. The first kappa shape index (κ1) is 30.3. The fourth-order valence-corrected chi connectivity index (χ4v) is 8.72. The zero-order chi connectivity index (χ0) is 30.4. The van der Waals surface area contributed by atoms with Crippen LogP contribution in [-0.4, -0.2) is 45.7 Å². The molecule has 0 aliphatic heterocycles. The summed E-state index contributed by atoms with van der Waals surface area (Å²) in [4.78, 5) is 41.8. The van der Waals surface area contributed by atoms with Gasteiger partial charge in [0.1, 0.15) is 17.7 Å². The zero-order valence-corrected chi connectivity index (χ0v) is 25.9. The molecule has 1 aromatic heterocycles. The smallest absolute Gasteiger partial charge is 0.408 e. The minimum atomic E-state index is -1.04. The molecule has 4 aliphatic rings. The van der Waals surface area contributed by atoms with E-state index in [2.05, 4.69) is 47.7 Å². The monoisotopic (exact) mass is 577 g/mol. The molecule has 42 heavy (non-hydrogen) atoms. The summed E-state index contributed by atoms with van der Waals surface area (Å²) < 4.78 is 5.24. The van der Waals surface area contributed by atoms with Gasteiger partial charge in [0.05, 0.1) is 0 Å². The van der Waals surface area contributed by atoms with Gasteiger partial charge >= 0.3 is 12.1 Å².